The largest absolute Gasteiger partial charge is 0.444 e. The van der Waals surface area contributed by atoms with Crippen molar-refractivity contribution in [3.05, 3.63) is 16.6 Å². The highest BCUT2D eigenvalue weighted by atomic mass is 79.9. The molecule has 2 N–H and O–H groups in total. The molecule has 2 atom stereocenters. The van der Waals surface area contributed by atoms with Crippen LogP contribution in [0.2, 0.25) is 0 Å². The lowest BCUT2D eigenvalue weighted by Crippen LogP contribution is -2.63. The lowest BCUT2D eigenvalue weighted by atomic mass is 9.92. The molecule has 164 valence electrons. The molecule has 2 bridgehead atoms. The minimum atomic E-state index is -3.86. The molecule has 1 aromatic carbocycles. The van der Waals surface area contributed by atoms with Crippen molar-refractivity contribution in [3.63, 3.8) is 0 Å². The Morgan fingerprint density at radius 3 is 2.47 bits per heavy atom. The molecule has 0 spiro atoms. The Morgan fingerprint density at radius 1 is 1.27 bits per heavy atom. The van der Waals surface area contributed by atoms with E-state index in [1.807, 2.05) is 30.6 Å². The second kappa shape index (κ2) is 7.38. The van der Waals surface area contributed by atoms with E-state index in [0.29, 0.717) is 34.7 Å². The van der Waals surface area contributed by atoms with Crippen LogP contribution >= 0.6 is 15.9 Å². The van der Waals surface area contributed by atoms with Gasteiger partial charge in [0.25, 0.3) is 6.01 Å². The zero-order valence-electron chi connectivity index (χ0n) is 17.1. The lowest BCUT2D eigenvalue weighted by molar-refractivity contribution is -0.0102. The summed E-state index contributed by atoms with van der Waals surface area (Å²) in [4.78, 5) is 21.1. The van der Waals surface area contributed by atoms with Crippen LogP contribution in [0.4, 0.5) is 10.8 Å². The summed E-state index contributed by atoms with van der Waals surface area (Å²) < 4.78 is 35.4. The molecule has 2 fully saturated rings. The average molecular weight is 501 g/mol. The first kappa shape index (κ1) is 21.4. The Balaban J connectivity index is 1.61. The van der Waals surface area contributed by atoms with Crippen molar-refractivity contribution in [2.24, 2.45) is 5.14 Å². The molecule has 0 aliphatic carbocycles. The van der Waals surface area contributed by atoms with Gasteiger partial charge in [0.05, 0.1) is 21.5 Å². The fourth-order valence-corrected chi connectivity index (χ4v) is 5.37. The summed E-state index contributed by atoms with van der Waals surface area (Å²) in [5.74, 6) is 0. The highest BCUT2D eigenvalue weighted by molar-refractivity contribution is 9.10. The van der Waals surface area contributed by atoms with Crippen molar-refractivity contribution in [2.45, 2.75) is 62.6 Å². The third-order valence-corrected chi connectivity index (χ3v) is 6.82. The summed E-state index contributed by atoms with van der Waals surface area (Å²) in [7, 11) is -3.86. The Morgan fingerprint density at radius 2 is 1.90 bits per heavy atom. The van der Waals surface area contributed by atoms with Gasteiger partial charge in [0.15, 0.2) is 5.58 Å². The normalized spacial score (nSPS) is 22.4. The van der Waals surface area contributed by atoms with Crippen molar-refractivity contribution >= 4 is 49.2 Å². The number of ether oxygens (including phenoxy) is 1. The van der Waals surface area contributed by atoms with Crippen LogP contribution in [0.3, 0.4) is 0 Å². The maximum atomic E-state index is 12.8. The summed E-state index contributed by atoms with van der Waals surface area (Å²) in [6.45, 7) is 6.74. The summed E-state index contributed by atoms with van der Waals surface area (Å²) in [6.07, 6.45) is 2.53. The first-order valence-electron chi connectivity index (χ1n) is 9.81. The summed E-state index contributed by atoms with van der Waals surface area (Å²) >= 11 is 3.34. The van der Waals surface area contributed by atoms with E-state index in [1.165, 1.54) is 12.1 Å². The molecule has 2 aliphatic rings. The van der Waals surface area contributed by atoms with Gasteiger partial charge in [0.2, 0.25) is 10.0 Å². The number of benzene rings is 1. The van der Waals surface area contributed by atoms with E-state index >= 15 is 0 Å². The van der Waals surface area contributed by atoms with Crippen LogP contribution in [0, 0.1) is 0 Å². The van der Waals surface area contributed by atoms with Gasteiger partial charge in [-0.25, -0.2) is 18.4 Å². The number of nitrogens with two attached hydrogens (primary N) is 1. The molecule has 2 saturated heterocycles. The predicted molar refractivity (Wildman–Crippen MR) is 115 cm³/mol. The van der Waals surface area contributed by atoms with E-state index in [9.17, 15) is 13.2 Å². The zero-order chi connectivity index (χ0) is 21.8. The summed E-state index contributed by atoms with van der Waals surface area (Å²) in [5.41, 5.74) is 0.316. The van der Waals surface area contributed by atoms with Gasteiger partial charge in [-0.1, -0.05) is 0 Å². The molecule has 3 heterocycles. The molecule has 11 heteroatoms. The van der Waals surface area contributed by atoms with Crippen molar-refractivity contribution in [3.8, 4) is 0 Å². The van der Waals surface area contributed by atoms with Gasteiger partial charge >= 0.3 is 6.09 Å². The number of hydrogen-bond donors (Lipinski definition) is 1. The van der Waals surface area contributed by atoms with E-state index in [4.69, 9.17) is 14.3 Å². The van der Waals surface area contributed by atoms with Crippen LogP contribution in [0.1, 0.15) is 40.0 Å². The standard InChI is InChI=1S/C19H25BrN4O5S/c1-19(2,3)29-18(25)24-11-5-4-6-12(24)10-23(9-11)17-22-15-8-13(30(21,26)27)7-14(20)16(15)28-17/h7-8,11-12H,4-6,9-10H2,1-3H3,(H2,21,26,27). The Bertz CT molecular complexity index is 1080. The third-order valence-electron chi connectivity index (χ3n) is 5.33. The zero-order valence-corrected chi connectivity index (χ0v) is 19.5. The number of aromatic nitrogens is 1. The molecule has 0 saturated carbocycles. The number of piperazine rings is 1. The van der Waals surface area contributed by atoms with Gasteiger partial charge in [-0.3, -0.25) is 4.90 Å². The van der Waals surface area contributed by atoms with E-state index < -0.39 is 15.6 Å². The second-order valence-electron chi connectivity index (χ2n) is 8.83. The molecule has 2 aliphatic heterocycles. The first-order chi connectivity index (χ1) is 13.9. The van der Waals surface area contributed by atoms with E-state index in [2.05, 4.69) is 20.9 Å². The number of carbonyl (C=O) groups is 1. The number of sulfonamides is 1. The van der Waals surface area contributed by atoms with Crippen LogP contribution in [0.25, 0.3) is 11.1 Å². The molecule has 1 amide bonds. The molecule has 1 aromatic heterocycles. The number of fused-ring (bicyclic) bond motifs is 3. The minimum absolute atomic E-state index is 0.00536. The molecule has 0 radical (unpaired) electrons. The molecule has 2 aromatic rings. The molecule has 2 unspecified atom stereocenters. The van der Waals surface area contributed by atoms with E-state index in [1.54, 1.807) is 0 Å². The molecular weight excluding hydrogens is 476 g/mol. The lowest BCUT2D eigenvalue weighted by Gasteiger charge is -2.49. The fraction of sp³-hybridized carbons (Fsp3) is 0.579. The smallest absolute Gasteiger partial charge is 0.410 e. The number of halogens is 1. The van der Waals surface area contributed by atoms with Crippen LogP contribution < -0.4 is 10.0 Å². The van der Waals surface area contributed by atoms with Gasteiger partial charge in [-0.15, -0.1) is 0 Å². The first-order valence-corrected chi connectivity index (χ1v) is 12.2. The minimum Gasteiger partial charge on any atom is -0.444 e. The summed E-state index contributed by atoms with van der Waals surface area (Å²) in [5, 5.41) is 5.25. The number of piperidine rings is 1. The van der Waals surface area contributed by atoms with E-state index in [-0.39, 0.29) is 23.1 Å². The monoisotopic (exact) mass is 500 g/mol. The highest BCUT2D eigenvalue weighted by Gasteiger charge is 2.43. The Hall–Kier alpha value is -1.85. The van der Waals surface area contributed by atoms with Gasteiger partial charge < -0.3 is 14.1 Å². The maximum Gasteiger partial charge on any atom is 0.410 e. The van der Waals surface area contributed by atoms with Gasteiger partial charge in [0, 0.05) is 13.1 Å². The third kappa shape index (κ3) is 4.15. The predicted octanol–water partition coefficient (Wildman–Crippen LogP) is 3.22. The van der Waals surface area contributed by atoms with Crippen LogP contribution in [-0.4, -0.2) is 55.2 Å². The van der Waals surface area contributed by atoms with Gasteiger partial charge in [0.1, 0.15) is 11.1 Å². The number of oxazole rings is 1. The topological polar surface area (TPSA) is 119 Å². The Labute approximate surface area is 183 Å². The van der Waals surface area contributed by atoms with Crippen LogP contribution in [0.15, 0.2) is 25.9 Å². The Kier molecular flexibility index (Phi) is 5.26. The molecular formula is C19H25BrN4O5S. The number of amides is 1. The molecule has 9 nitrogen and oxygen atoms in total. The quantitative estimate of drug-likeness (QED) is 0.671. The number of nitrogens with zero attached hydrogens (tertiary/aromatic N) is 3. The maximum absolute atomic E-state index is 12.8. The van der Waals surface area contributed by atoms with Crippen molar-refractivity contribution in [1.29, 1.82) is 0 Å². The van der Waals surface area contributed by atoms with E-state index in [0.717, 1.165) is 19.3 Å². The van der Waals surface area contributed by atoms with Crippen molar-refractivity contribution in [2.75, 3.05) is 18.0 Å². The highest BCUT2D eigenvalue weighted by Crippen LogP contribution is 2.35. The number of carbonyl (C=O) groups excluding carboxylic acids is 1. The summed E-state index contributed by atoms with van der Waals surface area (Å²) in [6, 6.07) is 3.22. The fourth-order valence-electron chi connectivity index (χ4n) is 4.13. The van der Waals surface area contributed by atoms with Gasteiger partial charge in [-0.05, 0) is 68.1 Å². The number of anilines is 1. The average Bonchev–Trinajstić information content (AvgIpc) is 3.03. The SMILES string of the molecule is CC(C)(C)OC(=O)N1C2CCCC1CN(c1nc3cc(S(N)(=O)=O)cc(Br)c3o1)C2. The number of rotatable bonds is 2. The second-order valence-corrected chi connectivity index (χ2v) is 11.2. The molecule has 30 heavy (non-hydrogen) atoms. The van der Waals surface area contributed by atoms with Gasteiger partial charge in [-0.2, -0.15) is 4.98 Å². The van der Waals surface area contributed by atoms with Crippen molar-refractivity contribution in [1.82, 2.24) is 9.88 Å². The molecule has 4 rings (SSSR count). The van der Waals surface area contributed by atoms with Crippen molar-refractivity contribution < 1.29 is 22.4 Å². The number of hydrogen-bond acceptors (Lipinski definition) is 7. The number of primary sulfonamides is 1. The van der Waals surface area contributed by atoms with Crippen LogP contribution in [-0.2, 0) is 14.8 Å². The van der Waals surface area contributed by atoms with Crippen LogP contribution in [0.5, 0.6) is 0 Å².